The maximum atomic E-state index is 9.50. The third kappa shape index (κ3) is 3.08. The molecule has 1 aromatic heterocycles. The number of hydrogen-bond donors (Lipinski definition) is 1. The van der Waals surface area contributed by atoms with Crippen LogP contribution in [0.4, 0.5) is 0 Å². The molecule has 2 aromatic rings. The first kappa shape index (κ1) is 11.2. The van der Waals surface area contributed by atoms with Crippen LogP contribution >= 0.6 is 0 Å². The fourth-order valence-corrected chi connectivity index (χ4v) is 1.49. The molecule has 1 aromatic carbocycles. The molecule has 86 valence electrons. The van der Waals surface area contributed by atoms with Crippen molar-refractivity contribution in [1.82, 2.24) is 4.98 Å². The minimum atomic E-state index is 0.193. The van der Waals surface area contributed by atoms with Crippen molar-refractivity contribution in [3.05, 3.63) is 53.9 Å². The summed E-state index contributed by atoms with van der Waals surface area (Å²) in [6.45, 7) is 0. The summed E-state index contributed by atoms with van der Waals surface area (Å²) >= 11 is 0. The lowest BCUT2D eigenvalue weighted by atomic mass is 10.1. The Bertz CT molecular complexity index is 521. The smallest absolute Gasteiger partial charge is 0.123 e. The van der Waals surface area contributed by atoms with Gasteiger partial charge in [0.1, 0.15) is 11.5 Å². The molecule has 3 nitrogen and oxygen atoms in total. The van der Waals surface area contributed by atoms with E-state index in [9.17, 15) is 5.11 Å². The van der Waals surface area contributed by atoms with Gasteiger partial charge in [-0.3, -0.25) is 4.98 Å². The average molecular weight is 227 g/mol. The van der Waals surface area contributed by atoms with Crippen LogP contribution in [0.1, 0.15) is 11.1 Å². The molecule has 0 atom stereocenters. The quantitative estimate of drug-likeness (QED) is 0.876. The van der Waals surface area contributed by atoms with Crippen molar-refractivity contribution in [2.75, 3.05) is 7.11 Å². The van der Waals surface area contributed by atoms with Crippen molar-refractivity contribution in [2.24, 2.45) is 0 Å². The Morgan fingerprint density at radius 2 is 1.76 bits per heavy atom. The second kappa shape index (κ2) is 5.16. The monoisotopic (exact) mass is 227 g/mol. The normalized spacial score (nSPS) is 10.6. The number of nitrogens with zero attached hydrogens (tertiary/aromatic N) is 1. The number of rotatable bonds is 3. The van der Waals surface area contributed by atoms with Crippen molar-refractivity contribution < 1.29 is 9.84 Å². The van der Waals surface area contributed by atoms with Crippen molar-refractivity contribution in [3.8, 4) is 11.5 Å². The molecule has 0 spiro atoms. The van der Waals surface area contributed by atoms with Crippen molar-refractivity contribution >= 4 is 12.2 Å². The van der Waals surface area contributed by atoms with Crippen molar-refractivity contribution in [3.63, 3.8) is 0 Å². The molecule has 0 bridgehead atoms. The van der Waals surface area contributed by atoms with E-state index in [-0.39, 0.29) is 5.75 Å². The number of ether oxygens (including phenoxy) is 1. The maximum Gasteiger partial charge on any atom is 0.123 e. The number of aromatic hydroxyl groups is 1. The third-order valence-electron chi connectivity index (χ3n) is 2.32. The molecule has 0 saturated carbocycles. The summed E-state index contributed by atoms with van der Waals surface area (Å²) in [6.07, 6.45) is 7.35. The van der Waals surface area contributed by atoms with E-state index in [0.29, 0.717) is 5.75 Å². The zero-order valence-electron chi connectivity index (χ0n) is 9.50. The Labute approximate surface area is 100 Å². The van der Waals surface area contributed by atoms with E-state index < -0.39 is 0 Å². The van der Waals surface area contributed by atoms with Gasteiger partial charge in [0.05, 0.1) is 7.11 Å². The van der Waals surface area contributed by atoms with Crippen LogP contribution in [0.5, 0.6) is 11.5 Å². The fraction of sp³-hybridized carbons (Fsp3) is 0.0714. The number of pyridine rings is 1. The fourth-order valence-electron chi connectivity index (χ4n) is 1.49. The van der Waals surface area contributed by atoms with E-state index in [0.717, 1.165) is 11.1 Å². The molecule has 1 heterocycles. The van der Waals surface area contributed by atoms with Gasteiger partial charge in [0.15, 0.2) is 0 Å². The van der Waals surface area contributed by atoms with Gasteiger partial charge < -0.3 is 9.84 Å². The molecule has 0 aliphatic heterocycles. The van der Waals surface area contributed by atoms with Gasteiger partial charge in [-0.2, -0.15) is 0 Å². The molecule has 3 heteroatoms. The van der Waals surface area contributed by atoms with Crippen LogP contribution in [0, 0.1) is 0 Å². The lowest BCUT2D eigenvalue weighted by molar-refractivity contribution is 0.407. The highest BCUT2D eigenvalue weighted by atomic mass is 16.5. The van der Waals surface area contributed by atoms with Crippen LogP contribution < -0.4 is 4.74 Å². The van der Waals surface area contributed by atoms with Crippen LogP contribution in [-0.4, -0.2) is 17.2 Å². The number of aromatic nitrogens is 1. The highest BCUT2D eigenvalue weighted by Crippen LogP contribution is 2.22. The standard InChI is InChI=1S/C14H13NO2/c1-17-14-9-12(8-13(16)10-14)3-2-11-4-6-15-7-5-11/h2-10,16H,1H3. The Balaban J connectivity index is 2.24. The molecule has 0 saturated heterocycles. The number of methoxy groups -OCH3 is 1. The zero-order chi connectivity index (χ0) is 12.1. The van der Waals surface area contributed by atoms with E-state index in [4.69, 9.17) is 4.74 Å². The van der Waals surface area contributed by atoms with Crippen LogP contribution in [0.3, 0.4) is 0 Å². The van der Waals surface area contributed by atoms with E-state index in [1.807, 2.05) is 30.4 Å². The molecule has 0 radical (unpaired) electrons. The Morgan fingerprint density at radius 3 is 2.47 bits per heavy atom. The molecule has 1 N–H and O–H groups in total. The first-order valence-corrected chi connectivity index (χ1v) is 5.24. The van der Waals surface area contributed by atoms with Crippen LogP contribution in [0.15, 0.2) is 42.7 Å². The summed E-state index contributed by atoms with van der Waals surface area (Å²) in [5.41, 5.74) is 1.95. The molecule has 0 amide bonds. The van der Waals surface area contributed by atoms with E-state index in [1.54, 1.807) is 31.6 Å². The minimum absolute atomic E-state index is 0.193. The van der Waals surface area contributed by atoms with Gasteiger partial charge in [0.2, 0.25) is 0 Å². The van der Waals surface area contributed by atoms with Crippen LogP contribution in [-0.2, 0) is 0 Å². The predicted octanol–water partition coefficient (Wildman–Crippen LogP) is 2.97. The van der Waals surface area contributed by atoms with Crippen molar-refractivity contribution in [2.45, 2.75) is 0 Å². The Hall–Kier alpha value is -2.29. The van der Waals surface area contributed by atoms with Crippen LogP contribution in [0.25, 0.3) is 12.2 Å². The van der Waals surface area contributed by atoms with Gasteiger partial charge in [-0.05, 0) is 35.4 Å². The SMILES string of the molecule is COc1cc(O)cc(C=Cc2ccncc2)c1. The van der Waals surface area contributed by atoms with Gasteiger partial charge in [-0.1, -0.05) is 12.2 Å². The molecular weight excluding hydrogens is 214 g/mol. The molecule has 0 aliphatic carbocycles. The zero-order valence-corrected chi connectivity index (χ0v) is 9.50. The molecular formula is C14H13NO2. The summed E-state index contributed by atoms with van der Waals surface area (Å²) in [7, 11) is 1.57. The maximum absolute atomic E-state index is 9.50. The van der Waals surface area contributed by atoms with E-state index >= 15 is 0 Å². The molecule has 0 fully saturated rings. The lowest BCUT2D eigenvalue weighted by Gasteiger charge is -2.02. The second-order valence-electron chi connectivity index (χ2n) is 3.58. The van der Waals surface area contributed by atoms with Gasteiger partial charge in [0, 0.05) is 18.5 Å². The first-order chi connectivity index (χ1) is 8.28. The topological polar surface area (TPSA) is 42.4 Å². The van der Waals surface area contributed by atoms with Crippen LogP contribution in [0.2, 0.25) is 0 Å². The predicted molar refractivity (Wildman–Crippen MR) is 67.8 cm³/mol. The third-order valence-corrected chi connectivity index (χ3v) is 2.32. The largest absolute Gasteiger partial charge is 0.508 e. The van der Waals surface area contributed by atoms with Gasteiger partial charge >= 0.3 is 0 Å². The number of phenols is 1. The second-order valence-corrected chi connectivity index (χ2v) is 3.58. The number of benzene rings is 1. The minimum Gasteiger partial charge on any atom is -0.508 e. The van der Waals surface area contributed by atoms with Gasteiger partial charge in [-0.15, -0.1) is 0 Å². The summed E-state index contributed by atoms with van der Waals surface area (Å²) in [5.74, 6) is 0.832. The Morgan fingerprint density at radius 1 is 1.06 bits per heavy atom. The average Bonchev–Trinajstić information content (AvgIpc) is 2.37. The molecule has 0 aliphatic rings. The van der Waals surface area contributed by atoms with E-state index in [1.165, 1.54) is 0 Å². The summed E-state index contributed by atoms with van der Waals surface area (Å²) in [4.78, 5) is 3.95. The number of hydrogen-bond acceptors (Lipinski definition) is 3. The van der Waals surface area contributed by atoms with E-state index in [2.05, 4.69) is 4.98 Å². The highest BCUT2D eigenvalue weighted by Gasteiger charge is 1.97. The molecule has 0 unspecified atom stereocenters. The Kier molecular flexibility index (Phi) is 3.40. The first-order valence-electron chi connectivity index (χ1n) is 5.24. The van der Waals surface area contributed by atoms with Gasteiger partial charge in [0.25, 0.3) is 0 Å². The molecule has 17 heavy (non-hydrogen) atoms. The number of phenolic OH excluding ortho intramolecular Hbond substituents is 1. The molecule has 2 rings (SSSR count). The lowest BCUT2D eigenvalue weighted by Crippen LogP contribution is -1.83. The van der Waals surface area contributed by atoms with Gasteiger partial charge in [-0.25, -0.2) is 0 Å². The highest BCUT2D eigenvalue weighted by molar-refractivity contribution is 5.70. The summed E-state index contributed by atoms with van der Waals surface area (Å²) < 4.78 is 5.08. The summed E-state index contributed by atoms with van der Waals surface area (Å²) in [6, 6.07) is 8.94. The van der Waals surface area contributed by atoms with Crippen molar-refractivity contribution in [1.29, 1.82) is 0 Å². The summed E-state index contributed by atoms with van der Waals surface area (Å²) in [5, 5.41) is 9.50.